The molecule has 1 saturated heterocycles. The Labute approximate surface area is 272 Å². The van der Waals surface area contributed by atoms with E-state index in [-0.39, 0.29) is 29.1 Å². The van der Waals surface area contributed by atoms with Gasteiger partial charge in [0.2, 0.25) is 17.1 Å². The molecule has 0 unspecified atom stereocenters. The summed E-state index contributed by atoms with van der Waals surface area (Å²) in [5.41, 5.74) is 4.22. The van der Waals surface area contributed by atoms with Crippen molar-refractivity contribution in [3.8, 4) is 5.75 Å². The third-order valence-corrected chi connectivity index (χ3v) is 8.55. The van der Waals surface area contributed by atoms with Gasteiger partial charge in [-0.1, -0.05) is 17.3 Å². The number of nitrogens with one attached hydrogen (secondary N) is 1. The van der Waals surface area contributed by atoms with Crippen molar-refractivity contribution in [2.45, 2.75) is 63.8 Å². The number of benzene rings is 1. The number of thioether (sulfide) groups is 1. The molecule has 2 aliphatic heterocycles. The Kier molecular flexibility index (Phi) is 10.3. The first kappa shape index (κ1) is 34.0. The van der Waals surface area contributed by atoms with Gasteiger partial charge in [-0.05, 0) is 57.9 Å². The van der Waals surface area contributed by atoms with Crippen LogP contribution in [0.25, 0.3) is 0 Å². The highest BCUT2D eigenvalue weighted by molar-refractivity contribution is 8.00. The lowest BCUT2D eigenvalue weighted by Gasteiger charge is -2.49. The highest BCUT2D eigenvalue weighted by Gasteiger charge is 2.54. The third-order valence-electron chi connectivity index (χ3n) is 6.34. The summed E-state index contributed by atoms with van der Waals surface area (Å²) in [4.78, 5) is 63.4. The average molecular weight is 681 g/mol. The van der Waals surface area contributed by atoms with Crippen molar-refractivity contribution in [1.82, 2.24) is 19.6 Å². The molecular formula is C28H33ClN6O8S2. The molecule has 2 amide bonds. The molecule has 0 radical (unpaired) electrons. The number of esters is 2. The van der Waals surface area contributed by atoms with Gasteiger partial charge in [-0.3, -0.25) is 14.5 Å². The van der Waals surface area contributed by atoms with Crippen molar-refractivity contribution in [1.29, 1.82) is 0 Å². The number of rotatable bonds is 11. The molecule has 2 aliphatic rings. The van der Waals surface area contributed by atoms with E-state index >= 15 is 0 Å². The number of aromatic nitrogens is 2. The molecule has 3 heterocycles. The van der Waals surface area contributed by atoms with Gasteiger partial charge >= 0.3 is 11.9 Å². The Morgan fingerprint density at radius 2 is 1.87 bits per heavy atom. The molecule has 2 atom stereocenters. The van der Waals surface area contributed by atoms with E-state index in [1.165, 1.54) is 30.5 Å². The van der Waals surface area contributed by atoms with Gasteiger partial charge in [0.15, 0.2) is 5.13 Å². The molecule has 17 heteroatoms. The smallest absolute Gasteiger partial charge is 0.355 e. The molecule has 0 aliphatic carbocycles. The maximum atomic E-state index is 13.5. The van der Waals surface area contributed by atoms with Gasteiger partial charge < -0.3 is 30.1 Å². The fourth-order valence-corrected chi connectivity index (χ4v) is 6.15. The predicted octanol–water partition coefficient (Wildman–Crippen LogP) is 2.61. The van der Waals surface area contributed by atoms with Crippen LogP contribution in [0.2, 0.25) is 0 Å². The third kappa shape index (κ3) is 7.86. The maximum Gasteiger partial charge on any atom is 0.355 e. The zero-order valence-electron chi connectivity index (χ0n) is 25.4. The number of nitrogens with zero attached hydrogens (tertiary/aromatic N) is 4. The summed E-state index contributed by atoms with van der Waals surface area (Å²) in [5, 5.41) is 5.94. The number of carbonyl (C=O) groups excluding carboxylic acids is 4. The summed E-state index contributed by atoms with van der Waals surface area (Å²) in [6.07, 6.45) is 0. The number of anilines is 1. The number of oxime groups is 1. The number of nitrogen functional groups attached to an aromatic ring is 1. The number of amides is 2. The number of alkyl halides is 1. The van der Waals surface area contributed by atoms with Crippen molar-refractivity contribution in [2.24, 2.45) is 5.16 Å². The first-order valence-electron chi connectivity index (χ1n) is 13.6. The van der Waals surface area contributed by atoms with Crippen LogP contribution in [0, 0.1) is 0 Å². The molecule has 45 heavy (non-hydrogen) atoms. The van der Waals surface area contributed by atoms with E-state index in [2.05, 4.69) is 19.8 Å². The number of hydrogen-bond acceptors (Lipinski definition) is 14. The fraction of sp³-hybridized carbons (Fsp3) is 0.464. The normalized spacial score (nSPS) is 18.5. The van der Waals surface area contributed by atoms with Crippen LogP contribution in [0.15, 0.2) is 40.7 Å². The van der Waals surface area contributed by atoms with Gasteiger partial charge in [0.1, 0.15) is 35.1 Å². The Balaban J connectivity index is 1.49. The van der Waals surface area contributed by atoms with Crippen molar-refractivity contribution in [3.63, 3.8) is 0 Å². The summed E-state index contributed by atoms with van der Waals surface area (Å²) in [6.45, 7) is 7.90. The van der Waals surface area contributed by atoms with E-state index in [1.807, 2.05) is 0 Å². The van der Waals surface area contributed by atoms with Crippen LogP contribution < -0.4 is 15.8 Å². The van der Waals surface area contributed by atoms with Crippen molar-refractivity contribution >= 4 is 69.5 Å². The molecule has 4 rings (SSSR count). The van der Waals surface area contributed by atoms with Gasteiger partial charge in [0.25, 0.3) is 11.8 Å². The molecule has 1 fully saturated rings. The monoisotopic (exact) mass is 680 g/mol. The lowest BCUT2D eigenvalue weighted by Crippen LogP contribution is -2.71. The molecule has 3 N–H and O–H groups in total. The number of methoxy groups -OCH3 is 1. The first-order valence-corrected chi connectivity index (χ1v) is 15.9. The molecule has 2 aromatic rings. The van der Waals surface area contributed by atoms with Crippen LogP contribution in [0.1, 0.15) is 46.0 Å². The number of carbonyl (C=O) groups is 4. The van der Waals surface area contributed by atoms with Gasteiger partial charge in [-0.2, -0.15) is 9.36 Å². The molecule has 0 spiro atoms. The van der Waals surface area contributed by atoms with Gasteiger partial charge in [-0.25, -0.2) is 9.59 Å². The van der Waals surface area contributed by atoms with E-state index < -0.39 is 52.1 Å². The number of hydrogen-bond donors (Lipinski definition) is 2. The fourth-order valence-electron chi connectivity index (χ4n) is 4.04. The maximum absolute atomic E-state index is 13.5. The minimum Gasteiger partial charge on any atom is -0.497 e. The largest absolute Gasteiger partial charge is 0.497 e. The molecule has 1 aromatic carbocycles. The zero-order chi connectivity index (χ0) is 33.1. The SMILES string of the molecule is COc1ccc(COC(=O)C2=C(CCl)CS[C@@H]3[C@H](NC(=O)/C(=N/OC(C)(C)C(=O)OC(C)(C)C)c4nsc(N)n4)C(=O)N23)cc1. The van der Waals surface area contributed by atoms with E-state index in [1.54, 1.807) is 52.1 Å². The first-order chi connectivity index (χ1) is 21.1. The number of halogens is 1. The van der Waals surface area contributed by atoms with E-state index in [9.17, 15) is 19.2 Å². The Morgan fingerprint density at radius 1 is 1.18 bits per heavy atom. The van der Waals surface area contributed by atoms with Crippen molar-refractivity contribution in [2.75, 3.05) is 24.5 Å². The molecule has 242 valence electrons. The predicted molar refractivity (Wildman–Crippen MR) is 167 cm³/mol. The lowest BCUT2D eigenvalue weighted by molar-refractivity contribution is -0.179. The Morgan fingerprint density at radius 3 is 2.44 bits per heavy atom. The summed E-state index contributed by atoms with van der Waals surface area (Å²) < 4.78 is 20.1. The molecule has 14 nitrogen and oxygen atoms in total. The van der Waals surface area contributed by atoms with Gasteiger partial charge in [0, 0.05) is 23.2 Å². The van der Waals surface area contributed by atoms with Crippen LogP contribution in [-0.2, 0) is 40.1 Å². The highest BCUT2D eigenvalue weighted by Crippen LogP contribution is 2.41. The van der Waals surface area contributed by atoms with E-state index in [0.29, 0.717) is 17.1 Å². The van der Waals surface area contributed by atoms with Crippen molar-refractivity contribution < 1.29 is 38.2 Å². The van der Waals surface area contributed by atoms with Crippen LogP contribution >= 0.6 is 34.9 Å². The number of nitrogens with two attached hydrogens (primary N) is 1. The molecule has 0 bridgehead atoms. The summed E-state index contributed by atoms with van der Waals surface area (Å²) in [5.74, 6) is -2.03. The lowest BCUT2D eigenvalue weighted by atomic mass is 10.0. The minimum atomic E-state index is -1.59. The summed E-state index contributed by atoms with van der Waals surface area (Å²) in [7, 11) is 1.55. The highest BCUT2D eigenvalue weighted by atomic mass is 35.5. The van der Waals surface area contributed by atoms with Crippen LogP contribution in [0.4, 0.5) is 5.13 Å². The Bertz CT molecular complexity index is 1540. The van der Waals surface area contributed by atoms with E-state index in [4.69, 9.17) is 36.4 Å². The van der Waals surface area contributed by atoms with Crippen molar-refractivity contribution in [3.05, 3.63) is 46.9 Å². The summed E-state index contributed by atoms with van der Waals surface area (Å²) in [6, 6.07) is 5.95. The molecular weight excluding hydrogens is 648 g/mol. The minimum absolute atomic E-state index is 0.00594. The zero-order valence-corrected chi connectivity index (χ0v) is 27.8. The summed E-state index contributed by atoms with van der Waals surface area (Å²) >= 11 is 8.27. The number of β-lactam (4-membered cyclic amide) rings is 1. The quantitative estimate of drug-likeness (QED) is 0.116. The van der Waals surface area contributed by atoms with Crippen LogP contribution in [0.3, 0.4) is 0 Å². The van der Waals surface area contributed by atoms with Crippen LogP contribution in [0.5, 0.6) is 5.75 Å². The standard InChI is InChI=1S/C28H33ClN6O8S2/c1-27(2,3)42-25(39)28(4,5)43-33-17(20-32-26(30)45-34-20)21(36)31-18-22(37)35-19(15(11-29)13-44-23(18)35)24(38)41-12-14-7-9-16(40-6)10-8-14/h7-10,18,23H,11-13H2,1-6H3,(H,31,36)(H2,30,32,34)/b33-17+/t18-,23-/m1/s1. The second-order valence-corrected chi connectivity index (χ2v) is 13.5. The molecule has 0 saturated carbocycles. The van der Waals surface area contributed by atoms with E-state index in [0.717, 1.165) is 17.1 Å². The topological polar surface area (TPSA) is 185 Å². The Hall–Kier alpha value is -3.89. The second-order valence-electron chi connectivity index (χ2n) is 11.4. The van der Waals surface area contributed by atoms with Gasteiger partial charge in [0.05, 0.1) is 7.11 Å². The van der Waals surface area contributed by atoms with Gasteiger partial charge in [-0.15, -0.1) is 23.4 Å². The number of ether oxygens (including phenoxy) is 3. The van der Waals surface area contributed by atoms with Crippen LogP contribution in [-0.4, -0.2) is 85.1 Å². The number of fused-ring (bicyclic) bond motifs is 1. The average Bonchev–Trinajstić information content (AvgIpc) is 3.42. The molecule has 1 aromatic heterocycles. The second kappa shape index (κ2) is 13.6.